The molecule has 0 amide bonds. The molecule has 2 aromatic rings. The van der Waals surface area contributed by atoms with Crippen molar-refractivity contribution < 1.29 is 38.7 Å². The van der Waals surface area contributed by atoms with Crippen molar-refractivity contribution in [2.24, 2.45) is 0 Å². The van der Waals surface area contributed by atoms with Gasteiger partial charge >= 0.3 is 5.97 Å². The molecule has 0 bridgehead atoms. The van der Waals surface area contributed by atoms with Gasteiger partial charge in [-0.25, -0.2) is 4.79 Å². The lowest BCUT2D eigenvalue weighted by Crippen LogP contribution is -2.01. The molecular weight excluding hydrogens is 332 g/mol. The zero-order valence-electron chi connectivity index (χ0n) is 14.2. The summed E-state index contributed by atoms with van der Waals surface area (Å²) in [7, 11) is 5.54. The fourth-order valence-corrected chi connectivity index (χ4v) is 2.15. The molecule has 0 saturated carbocycles. The van der Waals surface area contributed by atoms with Gasteiger partial charge in [-0.15, -0.1) is 0 Å². The maximum Gasteiger partial charge on any atom is 0.335 e. The molecule has 0 aliphatic rings. The van der Waals surface area contributed by atoms with Crippen LogP contribution in [0.3, 0.4) is 0 Å². The molecule has 25 heavy (non-hydrogen) atoms. The van der Waals surface area contributed by atoms with Gasteiger partial charge in [0, 0.05) is 12.1 Å². The molecule has 2 rings (SSSR count). The summed E-state index contributed by atoms with van der Waals surface area (Å²) >= 11 is 0. The Labute approximate surface area is 144 Å². The second kappa shape index (κ2) is 7.52. The number of aromatic carboxylic acids is 1. The van der Waals surface area contributed by atoms with E-state index >= 15 is 0 Å². The quantitative estimate of drug-likeness (QED) is 0.785. The smallest absolute Gasteiger partial charge is 0.335 e. The van der Waals surface area contributed by atoms with Crippen LogP contribution in [0.1, 0.15) is 10.4 Å². The number of phenols is 1. The van der Waals surface area contributed by atoms with E-state index < -0.39 is 5.97 Å². The van der Waals surface area contributed by atoms with Crippen LogP contribution in [0.15, 0.2) is 24.3 Å². The van der Waals surface area contributed by atoms with E-state index in [0.717, 1.165) is 0 Å². The van der Waals surface area contributed by atoms with Crippen molar-refractivity contribution in [2.75, 3.05) is 28.4 Å². The Morgan fingerprint density at radius 2 is 1.24 bits per heavy atom. The Balaban J connectivity index is 2.54. The number of hydrogen-bond acceptors (Lipinski definition) is 7. The lowest BCUT2D eigenvalue weighted by molar-refractivity contribution is 0.0696. The molecule has 0 saturated heterocycles. The summed E-state index contributed by atoms with van der Waals surface area (Å²) in [6, 6.07) is 5.52. The van der Waals surface area contributed by atoms with Gasteiger partial charge < -0.3 is 33.9 Å². The van der Waals surface area contributed by atoms with E-state index in [9.17, 15) is 9.90 Å². The van der Waals surface area contributed by atoms with Crippen molar-refractivity contribution in [2.45, 2.75) is 0 Å². The predicted molar refractivity (Wildman–Crippen MR) is 87.8 cm³/mol. The number of aromatic hydroxyl groups is 1. The number of hydrogen-bond donors (Lipinski definition) is 2. The fourth-order valence-electron chi connectivity index (χ4n) is 2.15. The Bertz CT molecular complexity index is 734. The van der Waals surface area contributed by atoms with Crippen LogP contribution >= 0.6 is 0 Å². The molecule has 0 radical (unpaired) electrons. The minimum atomic E-state index is -1.13. The molecule has 0 atom stereocenters. The number of carbonyl (C=O) groups is 1. The SMILES string of the molecule is COc1cc(Oc2c(OC)cc(C(=O)O)cc2OC)cc(OC)c1O. The second-order valence-electron chi connectivity index (χ2n) is 4.79. The van der Waals surface area contributed by atoms with Crippen LogP contribution in [0, 0.1) is 0 Å². The van der Waals surface area contributed by atoms with Gasteiger partial charge in [0.25, 0.3) is 0 Å². The largest absolute Gasteiger partial charge is 0.502 e. The van der Waals surface area contributed by atoms with Crippen LogP contribution in [0.25, 0.3) is 0 Å². The van der Waals surface area contributed by atoms with Gasteiger partial charge in [-0.2, -0.15) is 0 Å². The van der Waals surface area contributed by atoms with Crippen LogP contribution in [-0.2, 0) is 0 Å². The third-order valence-corrected chi connectivity index (χ3v) is 3.38. The van der Waals surface area contributed by atoms with E-state index in [1.807, 2.05) is 0 Å². The molecule has 0 aliphatic heterocycles. The zero-order valence-corrected chi connectivity index (χ0v) is 14.2. The summed E-state index contributed by atoms with van der Waals surface area (Å²) in [5, 5.41) is 19.1. The Morgan fingerprint density at radius 1 is 0.800 bits per heavy atom. The molecule has 0 heterocycles. The maximum atomic E-state index is 11.2. The summed E-state index contributed by atoms with van der Waals surface area (Å²) in [5.74, 6) is -0.223. The Kier molecular flexibility index (Phi) is 5.43. The molecule has 2 N–H and O–H groups in total. The lowest BCUT2D eigenvalue weighted by Gasteiger charge is -2.16. The van der Waals surface area contributed by atoms with Gasteiger partial charge in [0.1, 0.15) is 5.75 Å². The first-order chi connectivity index (χ1) is 11.9. The number of benzene rings is 2. The highest BCUT2D eigenvalue weighted by atomic mass is 16.5. The fraction of sp³-hybridized carbons (Fsp3) is 0.235. The average Bonchev–Trinajstić information content (AvgIpc) is 2.62. The molecule has 8 heteroatoms. The van der Waals surface area contributed by atoms with Gasteiger partial charge in [-0.05, 0) is 12.1 Å². The standard InChI is InChI=1S/C17H18O8/c1-21-11-7-10(8-12(22-2)15(11)18)25-16-13(23-3)5-9(17(19)20)6-14(16)24-4/h5-8,18H,1-4H3,(H,19,20). The molecule has 0 spiro atoms. The van der Waals surface area contributed by atoms with Gasteiger partial charge in [-0.1, -0.05) is 0 Å². The molecule has 0 fully saturated rings. The molecular formula is C17H18O8. The van der Waals surface area contributed by atoms with E-state index in [4.69, 9.17) is 28.8 Å². The molecule has 134 valence electrons. The molecule has 8 nitrogen and oxygen atoms in total. The lowest BCUT2D eigenvalue weighted by atomic mass is 10.2. The van der Waals surface area contributed by atoms with Gasteiger partial charge in [0.15, 0.2) is 23.0 Å². The van der Waals surface area contributed by atoms with Crippen LogP contribution in [-0.4, -0.2) is 44.6 Å². The molecule has 0 aliphatic carbocycles. The van der Waals surface area contributed by atoms with Crippen LogP contribution in [0.2, 0.25) is 0 Å². The van der Waals surface area contributed by atoms with Crippen molar-refractivity contribution in [1.82, 2.24) is 0 Å². The summed E-state index contributed by atoms with van der Waals surface area (Å²) < 4.78 is 26.4. The number of phenolic OH excluding ortho intramolecular Hbond substituents is 1. The van der Waals surface area contributed by atoms with Crippen molar-refractivity contribution in [3.05, 3.63) is 29.8 Å². The highest BCUT2D eigenvalue weighted by Gasteiger charge is 2.20. The predicted octanol–water partition coefficient (Wildman–Crippen LogP) is 2.92. The number of rotatable bonds is 7. The van der Waals surface area contributed by atoms with Gasteiger partial charge in [-0.3, -0.25) is 0 Å². The maximum absolute atomic E-state index is 11.2. The van der Waals surface area contributed by atoms with E-state index in [1.54, 1.807) is 0 Å². The van der Waals surface area contributed by atoms with Crippen LogP contribution < -0.4 is 23.7 Å². The second-order valence-corrected chi connectivity index (χ2v) is 4.79. The molecule has 0 unspecified atom stereocenters. The third-order valence-electron chi connectivity index (χ3n) is 3.38. The molecule has 0 aromatic heterocycles. The highest BCUT2D eigenvalue weighted by Crippen LogP contribution is 2.45. The molecule has 2 aromatic carbocycles. The number of carboxylic acid groups (broad SMARTS) is 1. The van der Waals surface area contributed by atoms with Crippen molar-refractivity contribution in [3.63, 3.8) is 0 Å². The summed E-state index contributed by atoms with van der Waals surface area (Å²) in [4.78, 5) is 11.2. The third kappa shape index (κ3) is 3.63. The van der Waals surface area contributed by atoms with Crippen molar-refractivity contribution >= 4 is 5.97 Å². The minimum absolute atomic E-state index is 0.0121. The zero-order chi connectivity index (χ0) is 18.6. The average molecular weight is 350 g/mol. The summed E-state index contributed by atoms with van der Waals surface area (Å²) in [6.45, 7) is 0. The monoisotopic (exact) mass is 350 g/mol. The summed E-state index contributed by atoms with van der Waals surface area (Å²) in [5.41, 5.74) is -0.0121. The van der Waals surface area contributed by atoms with E-state index in [0.29, 0.717) is 0 Å². The van der Waals surface area contributed by atoms with E-state index in [2.05, 4.69) is 0 Å². The van der Waals surface area contributed by atoms with Crippen molar-refractivity contribution in [3.8, 4) is 40.2 Å². The first-order valence-corrected chi connectivity index (χ1v) is 7.07. The van der Waals surface area contributed by atoms with Gasteiger partial charge in [0.05, 0.1) is 34.0 Å². The normalized spacial score (nSPS) is 10.1. The van der Waals surface area contributed by atoms with Crippen molar-refractivity contribution in [1.29, 1.82) is 0 Å². The van der Waals surface area contributed by atoms with E-state index in [-0.39, 0.29) is 45.8 Å². The first-order valence-electron chi connectivity index (χ1n) is 7.07. The van der Waals surface area contributed by atoms with E-state index in [1.165, 1.54) is 52.7 Å². The number of carboxylic acids is 1. The van der Waals surface area contributed by atoms with Gasteiger partial charge in [0.2, 0.25) is 11.5 Å². The highest BCUT2D eigenvalue weighted by molar-refractivity contribution is 5.89. The number of ether oxygens (including phenoxy) is 5. The minimum Gasteiger partial charge on any atom is -0.502 e. The van der Waals surface area contributed by atoms with Crippen LogP contribution in [0.4, 0.5) is 0 Å². The van der Waals surface area contributed by atoms with Crippen LogP contribution in [0.5, 0.6) is 40.2 Å². The Hall–Kier alpha value is -3.29. The summed E-state index contributed by atoms with van der Waals surface area (Å²) in [6.07, 6.45) is 0. The topological polar surface area (TPSA) is 104 Å². The number of methoxy groups -OCH3 is 4. The Morgan fingerprint density at radius 3 is 1.60 bits per heavy atom. The first kappa shape index (κ1) is 18.1.